The Morgan fingerprint density at radius 2 is 2.05 bits per heavy atom. The molecule has 3 rings (SSSR count). The Bertz CT molecular complexity index is 543. The van der Waals surface area contributed by atoms with Gasteiger partial charge < -0.3 is 4.90 Å². The quantitative estimate of drug-likeness (QED) is 0.826. The Kier molecular flexibility index (Phi) is 3.44. The molecule has 0 spiro atoms. The second-order valence-corrected chi connectivity index (χ2v) is 8.45. The summed E-state index contributed by atoms with van der Waals surface area (Å²) in [6.45, 7) is 11.0. The molecule has 110 valence electrons. The molecule has 0 saturated heterocycles. The first-order chi connectivity index (χ1) is 9.41. The number of amides is 1. The molecule has 2 aliphatic rings. The monoisotopic (exact) mass is 291 g/mol. The van der Waals surface area contributed by atoms with Gasteiger partial charge in [0.2, 0.25) is 0 Å². The maximum absolute atomic E-state index is 12.7. The lowest BCUT2D eigenvalue weighted by Crippen LogP contribution is -2.39. The van der Waals surface area contributed by atoms with E-state index in [1.165, 1.54) is 16.0 Å². The van der Waals surface area contributed by atoms with Gasteiger partial charge in [-0.1, -0.05) is 34.1 Å². The molecule has 20 heavy (non-hydrogen) atoms. The summed E-state index contributed by atoms with van der Waals surface area (Å²) in [6.07, 6.45) is 4.52. The molecular formula is C17H25NOS. The van der Waals surface area contributed by atoms with Crippen molar-refractivity contribution in [2.24, 2.45) is 11.3 Å². The summed E-state index contributed by atoms with van der Waals surface area (Å²) in [5.74, 6) is 0.898. The van der Waals surface area contributed by atoms with Gasteiger partial charge >= 0.3 is 0 Å². The van der Waals surface area contributed by atoms with Gasteiger partial charge in [0.1, 0.15) is 0 Å². The van der Waals surface area contributed by atoms with Gasteiger partial charge in [-0.05, 0) is 41.7 Å². The van der Waals surface area contributed by atoms with E-state index in [0.29, 0.717) is 17.2 Å². The molecule has 0 fully saturated rings. The minimum Gasteiger partial charge on any atom is -0.337 e. The third-order valence-electron chi connectivity index (χ3n) is 4.84. The highest BCUT2D eigenvalue weighted by atomic mass is 32.1. The molecule has 3 heteroatoms. The molecule has 1 aromatic rings. The van der Waals surface area contributed by atoms with Crippen LogP contribution in [-0.4, -0.2) is 23.9 Å². The maximum atomic E-state index is 12.7. The molecule has 2 heterocycles. The van der Waals surface area contributed by atoms with E-state index in [1.54, 1.807) is 11.3 Å². The van der Waals surface area contributed by atoms with Gasteiger partial charge in [0.05, 0.1) is 4.88 Å². The van der Waals surface area contributed by atoms with Crippen LogP contribution in [0.4, 0.5) is 0 Å². The zero-order valence-electron chi connectivity index (χ0n) is 13.1. The third-order valence-corrected chi connectivity index (χ3v) is 6.10. The van der Waals surface area contributed by atoms with Crippen molar-refractivity contribution in [2.45, 2.75) is 53.4 Å². The summed E-state index contributed by atoms with van der Waals surface area (Å²) >= 11 is 1.78. The largest absolute Gasteiger partial charge is 0.337 e. The predicted octanol–water partition coefficient (Wildman–Crippen LogP) is 3.92. The van der Waals surface area contributed by atoms with Crippen LogP contribution in [0.2, 0.25) is 0 Å². The number of thiophene rings is 1. The molecule has 1 atom stereocenters. The van der Waals surface area contributed by atoms with Crippen molar-refractivity contribution in [3.63, 3.8) is 0 Å². The predicted molar refractivity (Wildman–Crippen MR) is 84.6 cm³/mol. The number of rotatable bonds is 3. The smallest absolute Gasteiger partial charge is 0.264 e. The molecule has 1 amide bonds. The highest BCUT2D eigenvalue weighted by Gasteiger charge is 2.37. The molecule has 0 N–H and O–H groups in total. The van der Waals surface area contributed by atoms with Crippen molar-refractivity contribution in [1.82, 2.24) is 4.90 Å². The summed E-state index contributed by atoms with van der Waals surface area (Å²) in [5.41, 5.74) is 3.31. The van der Waals surface area contributed by atoms with E-state index in [-0.39, 0.29) is 0 Å². The van der Waals surface area contributed by atoms with Crippen LogP contribution < -0.4 is 0 Å². The van der Waals surface area contributed by atoms with E-state index in [0.717, 1.165) is 43.6 Å². The van der Waals surface area contributed by atoms with Gasteiger partial charge in [-0.15, -0.1) is 11.3 Å². The highest BCUT2D eigenvalue weighted by molar-refractivity contribution is 7.14. The van der Waals surface area contributed by atoms with Gasteiger partial charge in [0, 0.05) is 18.0 Å². The van der Waals surface area contributed by atoms with Crippen LogP contribution in [0.15, 0.2) is 0 Å². The number of carbonyl (C=O) groups is 1. The Balaban J connectivity index is 1.85. The molecular weight excluding hydrogens is 266 g/mol. The van der Waals surface area contributed by atoms with Crippen molar-refractivity contribution < 1.29 is 4.79 Å². The van der Waals surface area contributed by atoms with Crippen molar-refractivity contribution in [2.75, 3.05) is 13.1 Å². The zero-order valence-corrected chi connectivity index (χ0v) is 13.9. The van der Waals surface area contributed by atoms with Crippen LogP contribution in [0.3, 0.4) is 0 Å². The molecule has 0 saturated carbocycles. The van der Waals surface area contributed by atoms with Crippen molar-refractivity contribution in [3.05, 3.63) is 20.9 Å². The summed E-state index contributed by atoms with van der Waals surface area (Å²) in [5, 5.41) is 0. The summed E-state index contributed by atoms with van der Waals surface area (Å²) in [4.78, 5) is 17.3. The SMILES string of the molecule is CCC(C)CN1CCc2c(sc3c2CC(C)(C)C3)C1=O. The van der Waals surface area contributed by atoms with Crippen LogP contribution in [0.5, 0.6) is 0 Å². The van der Waals surface area contributed by atoms with Crippen LogP contribution in [-0.2, 0) is 19.3 Å². The number of nitrogens with zero attached hydrogens (tertiary/aromatic N) is 1. The van der Waals surface area contributed by atoms with E-state index in [2.05, 4.69) is 32.6 Å². The molecule has 0 bridgehead atoms. The number of hydrogen-bond donors (Lipinski definition) is 0. The molecule has 1 aliphatic carbocycles. The van der Waals surface area contributed by atoms with Crippen LogP contribution in [0, 0.1) is 11.3 Å². The lowest BCUT2D eigenvalue weighted by Gasteiger charge is -2.29. The number of carbonyl (C=O) groups excluding carboxylic acids is 1. The summed E-state index contributed by atoms with van der Waals surface area (Å²) in [7, 11) is 0. The van der Waals surface area contributed by atoms with Crippen molar-refractivity contribution in [3.8, 4) is 0 Å². The lowest BCUT2D eigenvalue weighted by atomic mass is 9.89. The molecule has 1 unspecified atom stereocenters. The first kappa shape index (κ1) is 14.1. The lowest BCUT2D eigenvalue weighted by molar-refractivity contribution is 0.0720. The van der Waals surface area contributed by atoms with Gasteiger partial charge in [-0.25, -0.2) is 0 Å². The number of fused-ring (bicyclic) bond motifs is 3. The van der Waals surface area contributed by atoms with E-state index in [9.17, 15) is 4.79 Å². The fourth-order valence-corrected chi connectivity index (χ4v) is 5.08. The third kappa shape index (κ3) is 2.30. The molecule has 2 nitrogen and oxygen atoms in total. The Morgan fingerprint density at radius 1 is 1.30 bits per heavy atom. The molecule has 0 aromatic carbocycles. The Labute approximate surface area is 126 Å². The second kappa shape index (κ2) is 4.87. The fourth-order valence-electron chi connectivity index (χ4n) is 3.48. The maximum Gasteiger partial charge on any atom is 0.264 e. The zero-order chi connectivity index (χ0) is 14.5. The molecule has 1 aromatic heterocycles. The normalized spacial score (nSPS) is 21.8. The van der Waals surface area contributed by atoms with Crippen LogP contribution >= 0.6 is 11.3 Å². The Morgan fingerprint density at radius 3 is 2.75 bits per heavy atom. The van der Waals surface area contributed by atoms with Gasteiger partial charge in [-0.3, -0.25) is 4.79 Å². The Hall–Kier alpha value is -0.830. The first-order valence-electron chi connectivity index (χ1n) is 7.84. The minimum absolute atomic E-state index is 0.295. The van der Waals surface area contributed by atoms with E-state index in [1.807, 2.05) is 0 Å². The van der Waals surface area contributed by atoms with Crippen molar-refractivity contribution >= 4 is 17.2 Å². The van der Waals surface area contributed by atoms with Gasteiger partial charge in [0.25, 0.3) is 5.91 Å². The topological polar surface area (TPSA) is 20.3 Å². The number of hydrogen-bond acceptors (Lipinski definition) is 2. The average Bonchev–Trinajstić information content (AvgIpc) is 2.85. The second-order valence-electron chi connectivity index (χ2n) is 7.34. The molecule has 0 radical (unpaired) electrons. The fraction of sp³-hybridized carbons (Fsp3) is 0.706. The van der Waals surface area contributed by atoms with Crippen molar-refractivity contribution in [1.29, 1.82) is 0 Å². The van der Waals surface area contributed by atoms with E-state index in [4.69, 9.17) is 0 Å². The summed E-state index contributed by atoms with van der Waals surface area (Å²) in [6, 6.07) is 0. The highest BCUT2D eigenvalue weighted by Crippen LogP contribution is 2.45. The van der Waals surface area contributed by atoms with Gasteiger partial charge in [0.15, 0.2) is 0 Å². The van der Waals surface area contributed by atoms with Gasteiger partial charge in [-0.2, -0.15) is 0 Å². The van der Waals surface area contributed by atoms with Crippen LogP contribution in [0.25, 0.3) is 0 Å². The van der Waals surface area contributed by atoms with Crippen LogP contribution in [0.1, 0.15) is 59.8 Å². The first-order valence-corrected chi connectivity index (χ1v) is 8.65. The average molecular weight is 291 g/mol. The summed E-state index contributed by atoms with van der Waals surface area (Å²) < 4.78 is 0. The standard InChI is InChI=1S/C17H25NOS/c1-5-11(2)10-18-7-6-12-13-8-17(3,4)9-14(13)20-15(12)16(18)19/h11H,5-10H2,1-4H3. The van der Waals surface area contributed by atoms with E-state index >= 15 is 0 Å². The minimum atomic E-state index is 0.295. The molecule has 1 aliphatic heterocycles. The van der Waals surface area contributed by atoms with E-state index < -0.39 is 0 Å².